The first-order valence-electron chi connectivity index (χ1n) is 16.1. The van der Waals surface area contributed by atoms with E-state index in [1.807, 2.05) is 0 Å². The third kappa shape index (κ3) is 4.83. The second-order valence-corrected chi connectivity index (χ2v) is 14.9. The molecule has 2 aliphatic heterocycles. The Labute approximate surface area is 318 Å². The van der Waals surface area contributed by atoms with Gasteiger partial charge in [0.25, 0.3) is 11.8 Å². The van der Waals surface area contributed by atoms with Crippen molar-refractivity contribution in [3.8, 4) is 5.75 Å². The first-order valence-corrected chi connectivity index (χ1v) is 16.9. The van der Waals surface area contributed by atoms with Gasteiger partial charge in [-0.1, -0.05) is 23.8 Å². The molecule has 292 valence electrons. The van der Waals surface area contributed by atoms with Gasteiger partial charge in [0, 0.05) is 37.7 Å². The van der Waals surface area contributed by atoms with Crippen LogP contribution in [0.1, 0.15) is 24.3 Å². The van der Waals surface area contributed by atoms with Crippen LogP contribution in [0.4, 0.5) is 54.8 Å². The molecule has 6 unspecified atom stereocenters. The van der Waals surface area contributed by atoms with E-state index in [1.165, 1.54) is 20.2 Å². The van der Waals surface area contributed by atoms with Gasteiger partial charge < -0.3 is 10.0 Å². The van der Waals surface area contributed by atoms with Crippen molar-refractivity contribution in [2.24, 2.45) is 17.8 Å². The van der Waals surface area contributed by atoms with E-state index in [9.17, 15) is 62.1 Å². The number of hydrogen-bond acceptors (Lipinski definition) is 10. The van der Waals surface area contributed by atoms with Crippen LogP contribution in [0.3, 0.4) is 0 Å². The summed E-state index contributed by atoms with van der Waals surface area (Å²) in [5, 5.41) is 35.1. The van der Waals surface area contributed by atoms with Crippen molar-refractivity contribution in [2.75, 3.05) is 28.8 Å². The number of rotatable bonds is 6. The predicted octanol–water partition coefficient (Wildman–Crippen LogP) is 5.88. The standard InChI is InChI=1S/C34H21Cl2F6N5O9/c1-43(2)26-17(46(53)54)8-11(9-18(26)47(55)56)44-29(49)13-7-6-12-15(19(13)30(44)50)10-33(35)31(51)45(27-24(41)22(39)21(38)23(40)25(27)42)32(52)34(33,36)20(12)14-4-3-5-16(37)28(14)48/h3-6,8-9,13,15,19-20,48H,7,10H2,1-2H3. The molecule has 1 saturated carbocycles. The van der Waals surface area contributed by atoms with E-state index in [0.29, 0.717) is 4.90 Å². The van der Waals surface area contributed by atoms with E-state index in [-0.39, 0.29) is 5.57 Å². The summed E-state index contributed by atoms with van der Waals surface area (Å²) in [6, 6.07) is 4.34. The van der Waals surface area contributed by atoms with Crippen molar-refractivity contribution in [1.82, 2.24) is 0 Å². The Kier molecular flexibility index (Phi) is 8.69. The number of imide groups is 2. The maximum absolute atomic E-state index is 15.2. The average Bonchev–Trinajstić information content (AvgIpc) is 3.48. The normalized spacial score (nSPS) is 26.9. The number of para-hydroxylation sites is 1. The first-order chi connectivity index (χ1) is 26.1. The summed E-state index contributed by atoms with van der Waals surface area (Å²) in [6.45, 7) is 0. The van der Waals surface area contributed by atoms with Crippen LogP contribution in [0, 0.1) is 72.9 Å². The smallest absolute Gasteiger partial charge is 0.301 e. The Morgan fingerprint density at radius 1 is 0.821 bits per heavy atom. The molecule has 0 spiro atoms. The van der Waals surface area contributed by atoms with Crippen molar-refractivity contribution in [3.63, 3.8) is 0 Å². The summed E-state index contributed by atoms with van der Waals surface area (Å²) < 4.78 is 88.4. The lowest BCUT2D eigenvalue weighted by Crippen LogP contribution is -2.60. The number of halogens is 8. The molecule has 56 heavy (non-hydrogen) atoms. The number of nitro benzene ring substituents is 2. The summed E-state index contributed by atoms with van der Waals surface area (Å²) in [7, 11) is 2.56. The Morgan fingerprint density at radius 3 is 1.91 bits per heavy atom. The number of carbonyl (C=O) groups excluding carboxylic acids is 4. The fraction of sp³-hybridized carbons (Fsp3) is 0.294. The van der Waals surface area contributed by atoms with Gasteiger partial charge in [-0.05, 0) is 24.8 Å². The minimum Gasteiger partial charge on any atom is -0.505 e. The largest absolute Gasteiger partial charge is 0.505 e. The molecule has 0 radical (unpaired) electrons. The highest BCUT2D eigenvalue weighted by atomic mass is 35.5. The number of allylic oxidation sites excluding steroid dienone is 2. The van der Waals surface area contributed by atoms with Crippen LogP contribution in [0.15, 0.2) is 42.0 Å². The molecule has 14 nitrogen and oxygen atoms in total. The summed E-state index contributed by atoms with van der Waals surface area (Å²) in [5.74, 6) is -27.8. The molecule has 2 heterocycles. The first kappa shape index (κ1) is 38.5. The second-order valence-electron chi connectivity index (χ2n) is 13.6. The van der Waals surface area contributed by atoms with E-state index >= 15 is 8.78 Å². The van der Waals surface area contributed by atoms with E-state index in [2.05, 4.69) is 0 Å². The number of benzene rings is 3. The highest BCUT2D eigenvalue weighted by Crippen LogP contribution is 2.67. The van der Waals surface area contributed by atoms with Crippen LogP contribution in [0.5, 0.6) is 5.75 Å². The third-order valence-electron chi connectivity index (χ3n) is 10.7. The molecule has 0 bridgehead atoms. The number of phenols is 1. The topological polar surface area (TPSA) is 185 Å². The average molecular weight is 828 g/mol. The minimum atomic E-state index is -3.05. The van der Waals surface area contributed by atoms with Crippen LogP contribution in [0.25, 0.3) is 0 Å². The Bertz CT molecular complexity index is 2370. The van der Waals surface area contributed by atoms with Crippen LogP contribution in [-0.4, -0.2) is 62.4 Å². The number of phenolic OH excluding ortho intramolecular Hbond substituents is 1. The predicted molar refractivity (Wildman–Crippen MR) is 181 cm³/mol. The van der Waals surface area contributed by atoms with Gasteiger partial charge in [0.2, 0.25) is 17.6 Å². The highest BCUT2D eigenvalue weighted by molar-refractivity contribution is 6.58. The lowest BCUT2D eigenvalue weighted by Gasteiger charge is -2.50. The zero-order valence-electron chi connectivity index (χ0n) is 28.2. The van der Waals surface area contributed by atoms with Crippen molar-refractivity contribution in [3.05, 3.63) is 103 Å². The van der Waals surface area contributed by atoms with Crippen LogP contribution in [-0.2, 0) is 19.2 Å². The highest BCUT2D eigenvalue weighted by Gasteiger charge is 2.77. The molecule has 1 N–H and O–H groups in total. The molecule has 0 aromatic heterocycles. The number of carbonyl (C=O) groups is 4. The van der Waals surface area contributed by atoms with Gasteiger partial charge in [-0.15, -0.1) is 23.2 Å². The zero-order valence-corrected chi connectivity index (χ0v) is 29.7. The summed E-state index contributed by atoms with van der Waals surface area (Å²) in [5.41, 5.74) is -5.54. The quantitative estimate of drug-likeness (QED) is 0.0460. The van der Waals surface area contributed by atoms with Gasteiger partial charge in [0.15, 0.2) is 50.3 Å². The molecule has 4 amide bonds. The monoisotopic (exact) mass is 827 g/mol. The minimum absolute atomic E-state index is 0.137. The summed E-state index contributed by atoms with van der Waals surface area (Å²) in [4.78, 5) is 74.2. The second kappa shape index (κ2) is 12.6. The molecule has 2 aliphatic carbocycles. The zero-order chi connectivity index (χ0) is 41.2. The number of nitrogens with zero attached hydrogens (tertiary/aromatic N) is 5. The number of alkyl halides is 2. The molecule has 3 aromatic rings. The molecule has 4 aliphatic rings. The summed E-state index contributed by atoms with van der Waals surface area (Å²) >= 11 is 14.0. The molecule has 6 atom stereocenters. The van der Waals surface area contributed by atoms with Crippen LogP contribution in [0.2, 0.25) is 0 Å². The Morgan fingerprint density at radius 2 is 1.38 bits per heavy atom. The lowest BCUT2D eigenvalue weighted by atomic mass is 9.56. The van der Waals surface area contributed by atoms with Gasteiger partial charge in [-0.3, -0.25) is 39.4 Å². The van der Waals surface area contributed by atoms with Gasteiger partial charge in [0.05, 0.1) is 27.4 Å². The van der Waals surface area contributed by atoms with Gasteiger partial charge in [0.1, 0.15) is 5.69 Å². The van der Waals surface area contributed by atoms with Gasteiger partial charge in [-0.25, -0.2) is 36.1 Å². The lowest BCUT2D eigenvalue weighted by molar-refractivity contribution is -0.392. The maximum atomic E-state index is 15.2. The van der Waals surface area contributed by atoms with Crippen molar-refractivity contribution >= 4 is 75.3 Å². The molecule has 3 aromatic carbocycles. The molecule has 7 rings (SSSR count). The van der Waals surface area contributed by atoms with Gasteiger partial charge in [-0.2, -0.15) is 0 Å². The number of hydrogen-bond donors (Lipinski definition) is 1. The number of anilines is 3. The summed E-state index contributed by atoms with van der Waals surface area (Å²) in [6.07, 6.45) is -0.0916. The molecule has 2 saturated heterocycles. The number of amides is 4. The molecule has 22 heteroatoms. The van der Waals surface area contributed by atoms with Crippen LogP contribution < -0.4 is 14.7 Å². The fourth-order valence-electron chi connectivity index (χ4n) is 8.39. The third-order valence-corrected chi connectivity index (χ3v) is 12.1. The maximum Gasteiger partial charge on any atom is 0.301 e. The van der Waals surface area contributed by atoms with E-state index < -0.39 is 159 Å². The Hall–Kier alpha value is -5.76. The van der Waals surface area contributed by atoms with E-state index in [4.69, 9.17) is 23.2 Å². The van der Waals surface area contributed by atoms with Crippen molar-refractivity contribution < 1.29 is 60.5 Å². The van der Waals surface area contributed by atoms with Crippen LogP contribution >= 0.6 is 23.2 Å². The Balaban J connectivity index is 1.43. The SMILES string of the molecule is CN(C)c1c([N+](=O)[O-])cc(N2C(=O)C3CC=C4C(CC5(Cl)C(=O)N(c6c(F)c(F)c(F)c(F)c6F)C(=O)C5(Cl)C4c4cccc(F)c4O)C3C2=O)cc1[N+](=O)[O-]. The van der Waals surface area contributed by atoms with Crippen molar-refractivity contribution in [2.45, 2.75) is 28.5 Å². The van der Waals surface area contributed by atoms with E-state index in [0.717, 1.165) is 35.2 Å². The number of aromatic hydroxyl groups is 1. The van der Waals surface area contributed by atoms with Gasteiger partial charge >= 0.3 is 11.4 Å². The number of nitro groups is 2. The fourth-order valence-corrected chi connectivity index (χ4v) is 9.31. The molecular formula is C34H21Cl2F6N5O9. The number of fused-ring (bicyclic) bond motifs is 4. The molecular weight excluding hydrogens is 807 g/mol. The van der Waals surface area contributed by atoms with Crippen molar-refractivity contribution in [1.29, 1.82) is 0 Å². The molecule has 3 fully saturated rings. The van der Waals surface area contributed by atoms with E-state index in [1.54, 1.807) is 0 Å².